The first-order valence-electron chi connectivity index (χ1n) is 6.92. The zero-order valence-electron chi connectivity index (χ0n) is 12.9. The lowest BCUT2D eigenvalue weighted by Crippen LogP contribution is -2.04. The van der Waals surface area contributed by atoms with Crippen molar-refractivity contribution < 1.29 is 14.6 Å². The molecule has 0 aliphatic carbocycles. The van der Waals surface area contributed by atoms with Crippen molar-refractivity contribution in [1.82, 2.24) is 4.98 Å². The Kier molecular flexibility index (Phi) is 4.81. The predicted molar refractivity (Wildman–Crippen MR) is 81.7 cm³/mol. The number of ether oxygens (including phenoxy) is 2. The molecule has 21 heavy (non-hydrogen) atoms. The normalized spacial score (nSPS) is 12.0. The minimum atomic E-state index is -0.570. The number of aryl methyl sites for hydroxylation is 2. The second-order valence-electron chi connectivity index (χ2n) is 5.15. The highest BCUT2D eigenvalue weighted by Gasteiger charge is 2.10. The molecule has 0 aliphatic heterocycles. The van der Waals surface area contributed by atoms with Crippen LogP contribution in [0.2, 0.25) is 0 Å². The van der Waals surface area contributed by atoms with Gasteiger partial charge in [0.25, 0.3) is 0 Å². The molecule has 1 N–H and O–H groups in total. The molecule has 0 saturated carbocycles. The van der Waals surface area contributed by atoms with Crippen LogP contribution in [0.4, 0.5) is 0 Å². The summed E-state index contributed by atoms with van der Waals surface area (Å²) in [5, 5.41) is 9.84. The van der Waals surface area contributed by atoms with E-state index in [1.54, 1.807) is 14.0 Å². The molecule has 0 amide bonds. The zero-order chi connectivity index (χ0) is 15.4. The van der Waals surface area contributed by atoms with Gasteiger partial charge in [-0.3, -0.25) is 4.98 Å². The fourth-order valence-corrected chi connectivity index (χ4v) is 2.17. The molecule has 4 nitrogen and oxygen atoms in total. The van der Waals surface area contributed by atoms with Crippen LogP contribution in [0, 0.1) is 13.8 Å². The Morgan fingerprint density at radius 2 is 1.95 bits per heavy atom. The van der Waals surface area contributed by atoms with Crippen molar-refractivity contribution in [1.29, 1.82) is 0 Å². The number of aliphatic hydroxyl groups excluding tert-OH is 1. The van der Waals surface area contributed by atoms with E-state index < -0.39 is 6.10 Å². The molecule has 4 heteroatoms. The molecule has 2 rings (SSSR count). The van der Waals surface area contributed by atoms with Gasteiger partial charge in [-0.15, -0.1) is 0 Å². The van der Waals surface area contributed by atoms with Crippen LogP contribution in [-0.2, 0) is 6.61 Å². The number of aliphatic hydroxyl groups is 1. The van der Waals surface area contributed by atoms with E-state index in [1.807, 2.05) is 44.2 Å². The highest BCUT2D eigenvalue weighted by Crippen LogP contribution is 2.27. The van der Waals surface area contributed by atoms with Gasteiger partial charge in [-0.05, 0) is 32.9 Å². The average molecular weight is 287 g/mol. The lowest BCUT2D eigenvalue weighted by molar-refractivity contribution is 0.189. The van der Waals surface area contributed by atoms with Gasteiger partial charge in [0.2, 0.25) is 0 Å². The molecule has 1 aromatic carbocycles. The molecule has 112 valence electrons. The first kappa shape index (κ1) is 15.3. The lowest BCUT2D eigenvalue weighted by Gasteiger charge is -2.14. The number of pyridine rings is 1. The van der Waals surface area contributed by atoms with E-state index in [9.17, 15) is 5.11 Å². The maximum Gasteiger partial charge on any atom is 0.130 e. The number of hydrogen-bond donors (Lipinski definition) is 1. The number of rotatable bonds is 5. The highest BCUT2D eigenvalue weighted by atomic mass is 16.5. The van der Waals surface area contributed by atoms with Crippen molar-refractivity contribution in [3.05, 3.63) is 52.8 Å². The van der Waals surface area contributed by atoms with Crippen LogP contribution in [0.15, 0.2) is 30.3 Å². The molecule has 0 radical (unpaired) electrons. The van der Waals surface area contributed by atoms with E-state index in [0.29, 0.717) is 12.4 Å². The molecular weight excluding hydrogens is 266 g/mol. The van der Waals surface area contributed by atoms with Gasteiger partial charge < -0.3 is 14.6 Å². The Morgan fingerprint density at radius 1 is 1.19 bits per heavy atom. The smallest absolute Gasteiger partial charge is 0.130 e. The fourth-order valence-electron chi connectivity index (χ4n) is 2.17. The van der Waals surface area contributed by atoms with Crippen LogP contribution < -0.4 is 9.47 Å². The Balaban J connectivity index is 2.18. The zero-order valence-corrected chi connectivity index (χ0v) is 12.9. The molecule has 0 fully saturated rings. The number of nitrogens with zero attached hydrogens (tertiary/aromatic N) is 1. The van der Waals surface area contributed by atoms with E-state index in [-0.39, 0.29) is 0 Å². The number of aromatic nitrogens is 1. The molecule has 0 unspecified atom stereocenters. The number of methoxy groups -OCH3 is 1. The fraction of sp³-hybridized carbons (Fsp3) is 0.353. The van der Waals surface area contributed by atoms with Crippen LogP contribution >= 0.6 is 0 Å². The Labute approximate surface area is 125 Å². The summed E-state index contributed by atoms with van der Waals surface area (Å²) in [6.45, 7) is 5.97. The predicted octanol–water partition coefficient (Wildman–Crippen LogP) is 3.34. The third kappa shape index (κ3) is 3.95. The molecule has 0 saturated heterocycles. The van der Waals surface area contributed by atoms with E-state index in [0.717, 1.165) is 28.3 Å². The van der Waals surface area contributed by atoms with Gasteiger partial charge in [0.1, 0.15) is 18.1 Å². The molecule has 1 atom stereocenters. The van der Waals surface area contributed by atoms with E-state index in [4.69, 9.17) is 9.47 Å². The van der Waals surface area contributed by atoms with Crippen molar-refractivity contribution in [2.75, 3.05) is 7.11 Å². The third-order valence-corrected chi connectivity index (χ3v) is 3.21. The maximum absolute atomic E-state index is 9.84. The molecule has 0 bridgehead atoms. The summed E-state index contributed by atoms with van der Waals surface area (Å²) in [7, 11) is 1.63. The van der Waals surface area contributed by atoms with Gasteiger partial charge in [0, 0.05) is 23.4 Å². The first-order valence-corrected chi connectivity index (χ1v) is 6.92. The van der Waals surface area contributed by atoms with Gasteiger partial charge in [0.15, 0.2) is 0 Å². The van der Waals surface area contributed by atoms with Gasteiger partial charge in [-0.2, -0.15) is 0 Å². The summed E-state index contributed by atoms with van der Waals surface area (Å²) in [5.41, 5.74) is 3.56. The first-order chi connectivity index (χ1) is 9.99. The standard InChI is InChI=1S/C17H21NO3/c1-11-5-6-17(16(7-11)13(3)19)21-10-14-9-15(20-4)8-12(2)18-14/h5-9,13,19H,10H2,1-4H3/t13-/m1/s1. The van der Waals surface area contributed by atoms with Crippen LogP contribution in [0.25, 0.3) is 0 Å². The van der Waals surface area contributed by atoms with Crippen molar-refractivity contribution in [3.63, 3.8) is 0 Å². The number of benzene rings is 1. The monoisotopic (exact) mass is 287 g/mol. The summed E-state index contributed by atoms with van der Waals surface area (Å²) in [5.74, 6) is 1.44. The largest absolute Gasteiger partial charge is 0.497 e. The minimum Gasteiger partial charge on any atom is -0.497 e. The Morgan fingerprint density at radius 3 is 2.62 bits per heavy atom. The summed E-state index contributed by atoms with van der Waals surface area (Å²) in [6, 6.07) is 9.50. The second kappa shape index (κ2) is 6.59. The van der Waals surface area contributed by atoms with Crippen LogP contribution in [0.3, 0.4) is 0 Å². The van der Waals surface area contributed by atoms with E-state index >= 15 is 0 Å². The van der Waals surface area contributed by atoms with Gasteiger partial charge in [-0.1, -0.05) is 11.6 Å². The van der Waals surface area contributed by atoms with Crippen molar-refractivity contribution in [2.24, 2.45) is 0 Å². The van der Waals surface area contributed by atoms with Crippen molar-refractivity contribution in [3.8, 4) is 11.5 Å². The molecule has 0 aliphatic rings. The molecule has 2 aromatic rings. The molecule has 1 aromatic heterocycles. The van der Waals surface area contributed by atoms with Crippen LogP contribution in [-0.4, -0.2) is 17.2 Å². The summed E-state index contributed by atoms with van der Waals surface area (Å²) in [4.78, 5) is 4.42. The van der Waals surface area contributed by atoms with Crippen molar-refractivity contribution in [2.45, 2.75) is 33.5 Å². The molecular formula is C17H21NO3. The van der Waals surface area contributed by atoms with Crippen LogP contribution in [0.1, 0.15) is 35.5 Å². The van der Waals surface area contributed by atoms with Crippen LogP contribution in [0.5, 0.6) is 11.5 Å². The maximum atomic E-state index is 9.84. The van der Waals surface area contributed by atoms with E-state index in [1.165, 1.54) is 0 Å². The lowest BCUT2D eigenvalue weighted by atomic mass is 10.1. The SMILES string of the molecule is COc1cc(C)nc(COc2ccc(C)cc2[C@@H](C)O)c1. The molecule has 0 spiro atoms. The minimum absolute atomic E-state index is 0.334. The van der Waals surface area contributed by atoms with E-state index in [2.05, 4.69) is 4.98 Å². The van der Waals surface area contributed by atoms with Gasteiger partial charge >= 0.3 is 0 Å². The summed E-state index contributed by atoms with van der Waals surface area (Å²) < 4.78 is 11.0. The molecule has 1 heterocycles. The highest BCUT2D eigenvalue weighted by molar-refractivity contribution is 5.38. The topological polar surface area (TPSA) is 51.6 Å². The van der Waals surface area contributed by atoms with Gasteiger partial charge in [0.05, 0.1) is 18.9 Å². The van der Waals surface area contributed by atoms with Crippen molar-refractivity contribution >= 4 is 0 Å². The summed E-state index contributed by atoms with van der Waals surface area (Å²) >= 11 is 0. The van der Waals surface area contributed by atoms with Gasteiger partial charge in [-0.25, -0.2) is 0 Å². The second-order valence-corrected chi connectivity index (χ2v) is 5.15. The third-order valence-electron chi connectivity index (χ3n) is 3.21. The Hall–Kier alpha value is -2.07. The quantitative estimate of drug-likeness (QED) is 0.916. The Bertz CT molecular complexity index is 623. The average Bonchev–Trinajstić information content (AvgIpc) is 2.45. The summed E-state index contributed by atoms with van der Waals surface area (Å²) in [6.07, 6.45) is -0.570. The number of hydrogen-bond acceptors (Lipinski definition) is 4.